The summed E-state index contributed by atoms with van der Waals surface area (Å²) in [5.74, 6) is 0.304. The Bertz CT molecular complexity index is 742. The average Bonchev–Trinajstić information content (AvgIpc) is 2.87. The first-order valence-electron chi connectivity index (χ1n) is 6.32. The maximum atomic E-state index is 12.8. The number of nitrogens with zero attached hydrogens (tertiary/aromatic N) is 2. The molecule has 6 nitrogen and oxygen atoms in total. The Morgan fingerprint density at radius 1 is 1.38 bits per heavy atom. The molecule has 0 saturated carbocycles. The number of hydrogen-bond acceptors (Lipinski definition) is 6. The quantitative estimate of drug-likeness (QED) is 0.861. The Morgan fingerprint density at radius 2 is 2.19 bits per heavy atom. The fourth-order valence-corrected chi connectivity index (χ4v) is 4.58. The van der Waals surface area contributed by atoms with Gasteiger partial charge in [0.25, 0.3) is 10.0 Å². The Kier molecular flexibility index (Phi) is 3.83. The molecule has 21 heavy (non-hydrogen) atoms. The van der Waals surface area contributed by atoms with E-state index in [0.29, 0.717) is 24.8 Å². The number of para-hydroxylation sites is 1. The van der Waals surface area contributed by atoms with Crippen LogP contribution in [-0.2, 0) is 21.4 Å². The van der Waals surface area contributed by atoms with Gasteiger partial charge in [-0.2, -0.15) is 4.37 Å². The number of rotatable bonds is 3. The van der Waals surface area contributed by atoms with Crippen LogP contribution in [0.15, 0.2) is 34.5 Å². The molecule has 0 aliphatic carbocycles. The summed E-state index contributed by atoms with van der Waals surface area (Å²) in [6.45, 7) is 1.04. The number of methoxy groups -OCH3 is 1. The second kappa shape index (κ2) is 5.63. The molecule has 0 amide bonds. The highest BCUT2D eigenvalue weighted by atomic mass is 32.2. The minimum absolute atomic E-state index is 0.163. The van der Waals surface area contributed by atoms with Crippen molar-refractivity contribution in [1.29, 1.82) is 0 Å². The molecule has 1 aromatic heterocycles. The standard InChI is InChI=1S/C13H14N2O4S2/c1-18-12-8-13(20-14-12)21(16,17)15-6-7-19-9-10-4-2-3-5-11(10)15/h2-5,8H,6-7,9H2,1H3. The molecule has 0 atom stereocenters. The lowest BCUT2D eigenvalue weighted by Crippen LogP contribution is -2.32. The summed E-state index contributed by atoms with van der Waals surface area (Å²) in [6, 6.07) is 8.79. The minimum atomic E-state index is -3.66. The van der Waals surface area contributed by atoms with Gasteiger partial charge in [0.2, 0.25) is 5.88 Å². The lowest BCUT2D eigenvalue weighted by molar-refractivity contribution is 0.133. The van der Waals surface area contributed by atoms with Gasteiger partial charge in [0.15, 0.2) is 4.21 Å². The van der Waals surface area contributed by atoms with E-state index in [1.807, 2.05) is 18.2 Å². The summed E-state index contributed by atoms with van der Waals surface area (Å²) in [6.07, 6.45) is 0. The normalized spacial score (nSPS) is 15.4. The van der Waals surface area contributed by atoms with Crippen LogP contribution >= 0.6 is 11.5 Å². The number of sulfonamides is 1. The second-order valence-electron chi connectivity index (χ2n) is 4.45. The van der Waals surface area contributed by atoms with Gasteiger partial charge in [-0.05, 0) is 17.6 Å². The van der Waals surface area contributed by atoms with Crippen molar-refractivity contribution >= 4 is 27.2 Å². The maximum Gasteiger partial charge on any atom is 0.275 e. The van der Waals surface area contributed by atoms with Crippen molar-refractivity contribution in [3.8, 4) is 5.88 Å². The first kappa shape index (κ1) is 14.3. The molecule has 2 heterocycles. The van der Waals surface area contributed by atoms with Crippen molar-refractivity contribution in [1.82, 2.24) is 4.37 Å². The fraction of sp³-hybridized carbons (Fsp3) is 0.308. The first-order valence-corrected chi connectivity index (χ1v) is 8.53. The molecule has 0 spiro atoms. The predicted octanol–water partition coefficient (Wildman–Crippen LogP) is 1.88. The summed E-state index contributed by atoms with van der Waals surface area (Å²) < 4.78 is 41.6. The van der Waals surface area contributed by atoms with Crippen molar-refractivity contribution in [2.24, 2.45) is 0 Å². The molecule has 2 aromatic rings. The van der Waals surface area contributed by atoms with Crippen LogP contribution in [-0.4, -0.2) is 33.1 Å². The van der Waals surface area contributed by atoms with Gasteiger partial charge in [0.05, 0.1) is 32.6 Å². The van der Waals surface area contributed by atoms with Crippen LogP contribution in [0.5, 0.6) is 5.88 Å². The number of aromatic nitrogens is 1. The molecule has 0 fully saturated rings. The molecule has 0 bridgehead atoms. The van der Waals surface area contributed by atoms with E-state index in [1.54, 1.807) is 6.07 Å². The Balaban J connectivity index is 2.06. The topological polar surface area (TPSA) is 68.7 Å². The average molecular weight is 326 g/mol. The Labute approximate surface area is 127 Å². The number of ether oxygens (including phenoxy) is 2. The largest absolute Gasteiger partial charge is 0.480 e. The third-order valence-electron chi connectivity index (χ3n) is 3.18. The van der Waals surface area contributed by atoms with Crippen LogP contribution in [0, 0.1) is 0 Å². The zero-order chi connectivity index (χ0) is 14.9. The van der Waals surface area contributed by atoms with E-state index in [2.05, 4.69) is 4.37 Å². The fourth-order valence-electron chi connectivity index (χ4n) is 2.15. The second-order valence-corrected chi connectivity index (χ2v) is 7.34. The highest BCUT2D eigenvalue weighted by Gasteiger charge is 2.30. The van der Waals surface area contributed by atoms with Gasteiger partial charge in [0, 0.05) is 11.6 Å². The summed E-state index contributed by atoms with van der Waals surface area (Å²) >= 11 is 0.911. The van der Waals surface area contributed by atoms with Gasteiger partial charge >= 0.3 is 0 Å². The van der Waals surface area contributed by atoms with Crippen LogP contribution in [0.1, 0.15) is 5.56 Å². The smallest absolute Gasteiger partial charge is 0.275 e. The van der Waals surface area contributed by atoms with E-state index < -0.39 is 10.0 Å². The lowest BCUT2D eigenvalue weighted by Gasteiger charge is -2.22. The molecule has 0 radical (unpaired) electrons. The molecule has 1 aromatic carbocycles. The van der Waals surface area contributed by atoms with Gasteiger partial charge in [-0.25, -0.2) is 8.42 Å². The third-order valence-corrected chi connectivity index (χ3v) is 6.19. The predicted molar refractivity (Wildman–Crippen MR) is 79.3 cm³/mol. The summed E-state index contributed by atoms with van der Waals surface area (Å²) in [7, 11) is -2.20. The van der Waals surface area contributed by atoms with E-state index in [9.17, 15) is 8.42 Å². The molecular formula is C13H14N2O4S2. The zero-order valence-corrected chi connectivity index (χ0v) is 13.0. The molecule has 112 valence electrons. The van der Waals surface area contributed by atoms with Gasteiger partial charge in [0.1, 0.15) is 0 Å². The molecule has 8 heteroatoms. The highest BCUT2D eigenvalue weighted by molar-refractivity contribution is 7.94. The summed E-state index contributed by atoms with van der Waals surface area (Å²) in [4.78, 5) is 0. The summed E-state index contributed by atoms with van der Waals surface area (Å²) in [5.41, 5.74) is 1.51. The van der Waals surface area contributed by atoms with Gasteiger partial charge in [-0.1, -0.05) is 18.2 Å². The number of fused-ring (bicyclic) bond motifs is 1. The zero-order valence-electron chi connectivity index (χ0n) is 11.4. The van der Waals surface area contributed by atoms with Crippen molar-refractivity contribution in [2.75, 3.05) is 24.6 Å². The maximum absolute atomic E-state index is 12.8. The Hall–Kier alpha value is -1.64. The number of benzene rings is 1. The van der Waals surface area contributed by atoms with Crippen LogP contribution in [0.2, 0.25) is 0 Å². The third kappa shape index (κ3) is 2.61. The van der Waals surface area contributed by atoms with Crippen LogP contribution < -0.4 is 9.04 Å². The van der Waals surface area contributed by atoms with Crippen molar-refractivity contribution in [2.45, 2.75) is 10.8 Å². The molecule has 0 unspecified atom stereocenters. The molecular weight excluding hydrogens is 312 g/mol. The monoisotopic (exact) mass is 326 g/mol. The molecule has 3 rings (SSSR count). The van der Waals surface area contributed by atoms with Crippen LogP contribution in [0.25, 0.3) is 0 Å². The minimum Gasteiger partial charge on any atom is -0.480 e. The van der Waals surface area contributed by atoms with Crippen molar-refractivity contribution in [3.63, 3.8) is 0 Å². The van der Waals surface area contributed by atoms with E-state index in [-0.39, 0.29) is 10.8 Å². The lowest BCUT2D eigenvalue weighted by atomic mass is 10.2. The summed E-state index contributed by atoms with van der Waals surface area (Å²) in [5, 5.41) is 0. The van der Waals surface area contributed by atoms with E-state index in [4.69, 9.17) is 9.47 Å². The van der Waals surface area contributed by atoms with Crippen molar-refractivity contribution < 1.29 is 17.9 Å². The SMILES string of the molecule is COc1cc(S(=O)(=O)N2CCOCc3ccccc32)sn1. The number of hydrogen-bond donors (Lipinski definition) is 0. The number of anilines is 1. The van der Waals surface area contributed by atoms with Gasteiger partial charge in [-0.15, -0.1) is 0 Å². The van der Waals surface area contributed by atoms with Crippen molar-refractivity contribution in [3.05, 3.63) is 35.9 Å². The first-order chi connectivity index (χ1) is 10.1. The van der Waals surface area contributed by atoms with E-state index in [1.165, 1.54) is 17.5 Å². The van der Waals surface area contributed by atoms with Gasteiger partial charge in [-0.3, -0.25) is 4.31 Å². The van der Waals surface area contributed by atoms with Crippen LogP contribution in [0.3, 0.4) is 0 Å². The molecule has 1 aliphatic heterocycles. The highest BCUT2D eigenvalue weighted by Crippen LogP contribution is 2.32. The molecule has 0 N–H and O–H groups in total. The van der Waals surface area contributed by atoms with E-state index in [0.717, 1.165) is 17.1 Å². The van der Waals surface area contributed by atoms with Crippen LogP contribution in [0.4, 0.5) is 5.69 Å². The Morgan fingerprint density at radius 3 is 2.95 bits per heavy atom. The van der Waals surface area contributed by atoms with Gasteiger partial charge < -0.3 is 9.47 Å². The molecule has 0 saturated heterocycles. The van der Waals surface area contributed by atoms with E-state index >= 15 is 0 Å². The molecule has 1 aliphatic rings.